The normalized spacial score (nSPS) is 20.6. The second-order valence-electron chi connectivity index (χ2n) is 7.22. The molecule has 0 saturated carbocycles. The highest BCUT2D eigenvalue weighted by Gasteiger charge is 2.28. The summed E-state index contributed by atoms with van der Waals surface area (Å²) < 4.78 is 26.6. The molecule has 2 fully saturated rings. The van der Waals surface area contributed by atoms with Crippen molar-refractivity contribution in [3.05, 3.63) is 42.0 Å². The lowest BCUT2D eigenvalue weighted by Crippen LogP contribution is -2.41. The van der Waals surface area contributed by atoms with Crippen molar-refractivity contribution in [1.82, 2.24) is 14.7 Å². The Balaban J connectivity index is 1.36. The number of aromatic hydroxyl groups is 1. The summed E-state index contributed by atoms with van der Waals surface area (Å²) in [5.74, 6) is -1.09. The van der Waals surface area contributed by atoms with E-state index in [0.29, 0.717) is 19.7 Å². The molecule has 2 aliphatic heterocycles. The van der Waals surface area contributed by atoms with Crippen molar-refractivity contribution in [3.8, 4) is 11.4 Å². The van der Waals surface area contributed by atoms with E-state index >= 15 is 0 Å². The molecule has 7 nitrogen and oxygen atoms in total. The third-order valence-electron chi connectivity index (χ3n) is 5.27. The number of carbonyl (C=O) groups excluding carboxylic acids is 1. The highest BCUT2D eigenvalue weighted by molar-refractivity contribution is 5.94. The molecule has 1 atom stereocenters. The molecule has 8 heteroatoms. The van der Waals surface area contributed by atoms with Gasteiger partial charge in [-0.1, -0.05) is 12.1 Å². The lowest BCUT2D eigenvalue weighted by Gasteiger charge is -2.32. The Morgan fingerprint density at radius 3 is 2.79 bits per heavy atom. The molecule has 150 valence electrons. The lowest BCUT2D eigenvalue weighted by molar-refractivity contribution is -0.0395. The summed E-state index contributed by atoms with van der Waals surface area (Å²) in [6.45, 7) is 2.47. The maximum Gasteiger partial charge on any atom is 0.278 e. The third kappa shape index (κ3) is 4.02. The number of para-hydroxylation sites is 1. The van der Waals surface area contributed by atoms with Crippen molar-refractivity contribution in [1.29, 1.82) is 0 Å². The average molecular weight is 389 g/mol. The van der Waals surface area contributed by atoms with Crippen LogP contribution in [0.4, 0.5) is 4.39 Å². The molecule has 3 heterocycles. The molecule has 2 aliphatic rings. The maximum atomic E-state index is 13.9. The summed E-state index contributed by atoms with van der Waals surface area (Å²) in [6, 6.07) is 6.07. The minimum Gasteiger partial charge on any atom is -0.504 e. The molecular formula is C20H24FN3O4. The molecular weight excluding hydrogens is 365 g/mol. The molecule has 1 aromatic heterocycles. The Labute approximate surface area is 162 Å². The van der Waals surface area contributed by atoms with E-state index in [2.05, 4.69) is 5.10 Å². The molecule has 2 aromatic rings. The molecule has 1 aromatic carbocycles. The zero-order valence-electron chi connectivity index (χ0n) is 15.6. The Morgan fingerprint density at radius 2 is 2.07 bits per heavy atom. The quantitative estimate of drug-likeness (QED) is 0.850. The Bertz CT molecular complexity index is 827. The van der Waals surface area contributed by atoms with E-state index in [1.165, 1.54) is 23.0 Å². The van der Waals surface area contributed by atoms with E-state index in [-0.39, 0.29) is 35.2 Å². The molecule has 0 unspecified atom stereocenters. The van der Waals surface area contributed by atoms with Crippen LogP contribution in [0.3, 0.4) is 0 Å². The number of hydrogen-bond donors (Lipinski definition) is 1. The van der Waals surface area contributed by atoms with Gasteiger partial charge in [-0.15, -0.1) is 0 Å². The first-order valence-electron chi connectivity index (χ1n) is 9.68. The number of likely N-dealkylation sites (tertiary alicyclic amines) is 1. The van der Waals surface area contributed by atoms with Gasteiger partial charge in [0.2, 0.25) is 0 Å². The zero-order chi connectivity index (χ0) is 19.5. The number of hydrogen-bond acceptors (Lipinski definition) is 5. The van der Waals surface area contributed by atoms with Gasteiger partial charge in [-0.2, -0.15) is 5.10 Å². The molecule has 28 heavy (non-hydrogen) atoms. The molecule has 1 amide bonds. The van der Waals surface area contributed by atoms with Crippen LogP contribution in [0.5, 0.6) is 5.75 Å². The largest absolute Gasteiger partial charge is 0.504 e. The zero-order valence-corrected chi connectivity index (χ0v) is 15.6. The standard InChI is InChI=1S/C20H24FN3O4/c21-16-5-1-2-6-17(16)24-12-18(25)19(22-24)20(26)23-9-7-14(8-10-23)28-13-15-4-3-11-27-15/h1-2,5-6,12,14-15,25H,3-4,7-11,13H2/t15-/m1/s1. The summed E-state index contributed by atoms with van der Waals surface area (Å²) in [4.78, 5) is 14.4. The maximum absolute atomic E-state index is 13.9. The SMILES string of the molecule is O=C(c1nn(-c2ccccc2F)cc1O)N1CCC(OC[C@H]2CCCO2)CC1. The van der Waals surface area contributed by atoms with Gasteiger partial charge in [0.1, 0.15) is 11.5 Å². The molecule has 0 aliphatic carbocycles. The predicted molar refractivity (Wildman–Crippen MR) is 99.0 cm³/mol. The fourth-order valence-electron chi connectivity index (χ4n) is 3.67. The van der Waals surface area contributed by atoms with Crippen LogP contribution in [-0.4, -0.2) is 64.2 Å². The second kappa shape index (κ2) is 8.28. The molecule has 4 rings (SSSR count). The number of benzene rings is 1. The summed E-state index contributed by atoms with van der Waals surface area (Å²) in [6.07, 6.45) is 5.14. The smallest absolute Gasteiger partial charge is 0.278 e. The fraction of sp³-hybridized carbons (Fsp3) is 0.500. The first-order chi connectivity index (χ1) is 13.6. The van der Waals surface area contributed by atoms with Gasteiger partial charge in [-0.3, -0.25) is 4.79 Å². The summed E-state index contributed by atoms with van der Waals surface area (Å²) in [7, 11) is 0. The number of ether oxygens (including phenoxy) is 2. The number of halogens is 1. The van der Waals surface area contributed by atoms with Gasteiger partial charge < -0.3 is 19.5 Å². The minimum atomic E-state index is -0.479. The first kappa shape index (κ1) is 18.9. The van der Waals surface area contributed by atoms with Crippen LogP contribution in [-0.2, 0) is 9.47 Å². The number of rotatable bonds is 5. The van der Waals surface area contributed by atoms with Crippen molar-refractivity contribution in [3.63, 3.8) is 0 Å². The van der Waals surface area contributed by atoms with Crippen molar-refractivity contribution in [2.75, 3.05) is 26.3 Å². The van der Waals surface area contributed by atoms with Crippen LogP contribution in [0.25, 0.3) is 5.69 Å². The van der Waals surface area contributed by atoms with E-state index < -0.39 is 5.82 Å². The monoisotopic (exact) mass is 389 g/mol. The van der Waals surface area contributed by atoms with Crippen LogP contribution < -0.4 is 0 Å². The lowest BCUT2D eigenvalue weighted by atomic mass is 10.1. The Morgan fingerprint density at radius 1 is 1.29 bits per heavy atom. The average Bonchev–Trinajstić information content (AvgIpc) is 3.36. The van der Waals surface area contributed by atoms with E-state index in [4.69, 9.17) is 9.47 Å². The van der Waals surface area contributed by atoms with Crippen molar-refractivity contribution in [2.45, 2.75) is 37.9 Å². The topological polar surface area (TPSA) is 76.8 Å². The summed E-state index contributed by atoms with van der Waals surface area (Å²) in [5, 5.41) is 14.3. The van der Waals surface area contributed by atoms with E-state index in [0.717, 1.165) is 32.3 Å². The van der Waals surface area contributed by atoms with Gasteiger partial charge in [-0.25, -0.2) is 9.07 Å². The summed E-state index contributed by atoms with van der Waals surface area (Å²) in [5.41, 5.74) is 0.111. The van der Waals surface area contributed by atoms with Gasteiger partial charge in [0.15, 0.2) is 11.4 Å². The number of amides is 1. The first-order valence-corrected chi connectivity index (χ1v) is 9.68. The van der Waals surface area contributed by atoms with Gasteiger partial charge in [0, 0.05) is 19.7 Å². The Kier molecular flexibility index (Phi) is 5.59. The van der Waals surface area contributed by atoms with Crippen LogP contribution in [0.1, 0.15) is 36.2 Å². The van der Waals surface area contributed by atoms with Gasteiger partial charge in [0.25, 0.3) is 5.91 Å². The van der Waals surface area contributed by atoms with Gasteiger partial charge in [0.05, 0.1) is 25.0 Å². The fourth-order valence-corrected chi connectivity index (χ4v) is 3.67. The van der Waals surface area contributed by atoms with Crippen LogP contribution >= 0.6 is 0 Å². The van der Waals surface area contributed by atoms with Crippen LogP contribution in [0, 0.1) is 5.82 Å². The van der Waals surface area contributed by atoms with E-state index in [1.807, 2.05) is 0 Å². The predicted octanol–water partition coefficient (Wildman–Crippen LogP) is 2.52. The molecule has 1 N–H and O–H groups in total. The minimum absolute atomic E-state index is 0.0676. The number of carbonyl (C=O) groups is 1. The highest BCUT2D eigenvalue weighted by Crippen LogP contribution is 2.24. The van der Waals surface area contributed by atoms with Crippen LogP contribution in [0.2, 0.25) is 0 Å². The van der Waals surface area contributed by atoms with Crippen LogP contribution in [0.15, 0.2) is 30.5 Å². The van der Waals surface area contributed by atoms with Gasteiger partial charge in [-0.05, 0) is 37.8 Å². The number of nitrogens with zero attached hydrogens (tertiary/aromatic N) is 3. The van der Waals surface area contributed by atoms with Crippen molar-refractivity contribution >= 4 is 5.91 Å². The molecule has 0 bridgehead atoms. The van der Waals surface area contributed by atoms with E-state index in [1.54, 1.807) is 17.0 Å². The van der Waals surface area contributed by atoms with Crippen molar-refractivity contribution in [2.24, 2.45) is 0 Å². The third-order valence-corrected chi connectivity index (χ3v) is 5.27. The molecule has 0 radical (unpaired) electrons. The highest BCUT2D eigenvalue weighted by atomic mass is 19.1. The second-order valence-corrected chi connectivity index (χ2v) is 7.22. The molecule has 2 saturated heterocycles. The Hall–Kier alpha value is -2.45. The van der Waals surface area contributed by atoms with Gasteiger partial charge >= 0.3 is 0 Å². The number of piperidine rings is 1. The van der Waals surface area contributed by atoms with Crippen molar-refractivity contribution < 1.29 is 23.8 Å². The number of aromatic nitrogens is 2. The molecule has 0 spiro atoms. The van der Waals surface area contributed by atoms with E-state index in [9.17, 15) is 14.3 Å². The summed E-state index contributed by atoms with van der Waals surface area (Å²) >= 11 is 0.